The van der Waals surface area contributed by atoms with Gasteiger partial charge < -0.3 is 62.0 Å². The van der Waals surface area contributed by atoms with Crippen LogP contribution in [-0.2, 0) is 54.5 Å². The molecule has 590 valence electrons. The third kappa shape index (κ3) is 18.9. The van der Waals surface area contributed by atoms with Crippen LogP contribution in [0.2, 0.25) is 15.1 Å². The summed E-state index contributed by atoms with van der Waals surface area (Å²) in [6.45, 7) is 0. The molecule has 9 aromatic carbocycles. The van der Waals surface area contributed by atoms with Crippen molar-refractivity contribution in [2.24, 2.45) is 21.1 Å². The van der Waals surface area contributed by atoms with E-state index in [9.17, 15) is 28.8 Å². The average Bonchev–Trinajstić information content (AvgIpc) is 1.67. The van der Waals surface area contributed by atoms with E-state index in [1.807, 2.05) is 200 Å². The second-order valence-corrected chi connectivity index (χ2v) is 27.2. The number of esters is 3. The van der Waals surface area contributed by atoms with Crippen molar-refractivity contribution in [3.63, 3.8) is 0 Å². The molecule has 0 amide bonds. The maximum atomic E-state index is 12.7. The number of ether oxygens (including phenoxy) is 3. The van der Waals surface area contributed by atoms with E-state index in [-0.39, 0.29) is 34.8 Å². The SMILES string of the molecule is COC(=O)c1cncn1C(c1ccc(Cl)cc1)c1ccc2c(c1)c(-c1ccccc1)cc(=O)n2C.COC(=O)c1cncn1C(c1ccc(Cl)cc1)c1ccc2c(c1)c(-c1ccccc1)cc(=O)n2C.COC(=O)c1cncn1C(c1ccc(Cl)cc1)c1ccc2c(c1)c(-c1ccccc1)cc(=O)n2C.O=C(O)C(=O)O.O=C(O)C(=O)O. The maximum absolute atomic E-state index is 12.7. The number of nitrogens with zero attached hydrogens (tertiary/aromatic N) is 9. The summed E-state index contributed by atoms with van der Waals surface area (Å²) >= 11 is 18.5. The summed E-state index contributed by atoms with van der Waals surface area (Å²) in [4.78, 5) is 125. The second kappa shape index (κ2) is 37.4. The summed E-state index contributed by atoms with van der Waals surface area (Å²) in [5, 5.41) is 34.2. The standard InChI is InChI=1S/3C28H22ClN3O3.2C2H2O4/c3*1-31-24-13-10-20(14-23(24)22(15-26(31)33)18-6-4-3-5-7-18)27(19-8-11-21(29)12-9-19)32-17-30-16-25(32)28(34)35-2;2*3-1(4)2(5)6/h3*3-17,27H,1-2H3;2*(H,3,4)(H,5,6). The number of imidazole rings is 3. The maximum Gasteiger partial charge on any atom is 0.414 e. The molecule has 0 spiro atoms. The van der Waals surface area contributed by atoms with Gasteiger partial charge in [-0.3, -0.25) is 14.4 Å². The molecule has 26 nitrogen and oxygen atoms in total. The van der Waals surface area contributed by atoms with Crippen molar-refractivity contribution in [3.05, 3.63) is 371 Å². The van der Waals surface area contributed by atoms with Crippen LogP contribution in [0.4, 0.5) is 0 Å². The molecule has 0 saturated carbocycles. The Morgan fingerprint density at radius 2 is 0.538 bits per heavy atom. The van der Waals surface area contributed by atoms with Crippen molar-refractivity contribution >= 4 is 109 Å². The van der Waals surface area contributed by atoms with Gasteiger partial charge in [0.25, 0.3) is 16.7 Å². The first-order valence-corrected chi connectivity index (χ1v) is 36.4. The van der Waals surface area contributed by atoms with E-state index >= 15 is 0 Å². The molecule has 15 rings (SSSR count). The van der Waals surface area contributed by atoms with Gasteiger partial charge in [0.1, 0.15) is 17.1 Å². The van der Waals surface area contributed by atoms with Gasteiger partial charge >= 0.3 is 41.8 Å². The first-order chi connectivity index (χ1) is 56.2. The molecule has 4 N–H and O–H groups in total. The lowest BCUT2D eigenvalue weighted by Crippen LogP contribution is -2.19. The van der Waals surface area contributed by atoms with Crippen LogP contribution < -0.4 is 16.7 Å². The minimum Gasteiger partial charge on any atom is -0.473 e. The molecule has 0 aliphatic carbocycles. The van der Waals surface area contributed by atoms with Crippen molar-refractivity contribution < 1.29 is 68.2 Å². The van der Waals surface area contributed by atoms with Gasteiger partial charge in [-0.15, -0.1) is 0 Å². The fraction of sp³-hybridized carbons (Fsp3) is 0.102. The highest BCUT2D eigenvalue weighted by Crippen LogP contribution is 2.39. The first kappa shape index (κ1) is 83.3. The average molecular weight is 1630 g/mol. The van der Waals surface area contributed by atoms with Crippen LogP contribution in [0.5, 0.6) is 0 Å². The molecule has 0 aliphatic heterocycles. The number of carbonyl (C=O) groups is 7. The lowest BCUT2D eigenvalue weighted by atomic mass is 9.94. The number of aliphatic carboxylic acids is 4. The number of benzene rings is 9. The zero-order chi connectivity index (χ0) is 83.9. The van der Waals surface area contributed by atoms with Gasteiger partial charge in [0.05, 0.1) is 93.6 Å². The van der Waals surface area contributed by atoms with E-state index in [0.29, 0.717) is 32.1 Å². The molecular weight excluding hydrogens is 1560 g/mol. The van der Waals surface area contributed by atoms with E-state index in [1.54, 1.807) is 85.7 Å². The van der Waals surface area contributed by atoms with Crippen molar-refractivity contribution in [1.82, 2.24) is 42.4 Å². The van der Waals surface area contributed by atoms with Crippen LogP contribution in [0.25, 0.3) is 66.1 Å². The Balaban J connectivity index is 0.000000161. The fourth-order valence-corrected chi connectivity index (χ4v) is 13.7. The molecule has 0 bridgehead atoms. The zero-order valence-electron chi connectivity index (χ0n) is 63.0. The number of carbonyl (C=O) groups excluding carboxylic acids is 3. The van der Waals surface area contributed by atoms with Gasteiger partial charge in [-0.25, -0.2) is 48.5 Å². The van der Waals surface area contributed by atoms with E-state index < -0.39 is 41.8 Å². The third-order valence-electron chi connectivity index (χ3n) is 19.0. The van der Waals surface area contributed by atoms with Gasteiger partial charge in [-0.2, -0.15) is 0 Å². The Morgan fingerprint density at radius 1 is 0.316 bits per heavy atom. The molecule has 117 heavy (non-hydrogen) atoms. The summed E-state index contributed by atoms with van der Waals surface area (Å²) in [6.07, 6.45) is 9.34. The van der Waals surface area contributed by atoms with Gasteiger partial charge in [0.15, 0.2) is 0 Å². The van der Waals surface area contributed by atoms with E-state index in [0.717, 1.165) is 99.5 Å². The normalized spacial score (nSPS) is 11.5. The molecular formula is C88H70Cl3N9O17. The Kier molecular flexibility index (Phi) is 26.6. The summed E-state index contributed by atoms with van der Waals surface area (Å²) in [5.74, 6) is -8.73. The topological polar surface area (TPSA) is 348 Å². The fourth-order valence-electron chi connectivity index (χ4n) is 13.3. The van der Waals surface area contributed by atoms with Crippen LogP contribution in [-0.4, -0.2) is 126 Å². The molecule has 3 unspecified atom stereocenters. The second-order valence-electron chi connectivity index (χ2n) is 25.9. The van der Waals surface area contributed by atoms with Crippen LogP contribution in [0.1, 0.15) is 83.0 Å². The number of carboxylic acids is 4. The lowest BCUT2D eigenvalue weighted by molar-refractivity contribution is -0.159. The molecule has 29 heteroatoms. The Morgan fingerprint density at radius 3 is 0.752 bits per heavy atom. The smallest absolute Gasteiger partial charge is 0.414 e. The summed E-state index contributed by atoms with van der Waals surface area (Å²) < 4.78 is 25.3. The minimum absolute atomic E-state index is 0.0825. The predicted molar refractivity (Wildman–Crippen MR) is 441 cm³/mol. The van der Waals surface area contributed by atoms with Crippen molar-refractivity contribution in [1.29, 1.82) is 0 Å². The summed E-state index contributed by atoms with van der Waals surface area (Å²) in [6, 6.07) is 73.7. The number of rotatable bonds is 15. The number of carboxylic acid groups (broad SMARTS) is 4. The Hall–Kier alpha value is -14.6. The van der Waals surface area contributed by atoms with Crippen LogP contribution in [0, 0.1) is 0 Å². The lowest BCUT2D eigenvalue weighted by Gasteiger charge is -2.23. The highest BCUT2D eigenvalue weighted by molar-refractivity contribution is 6.31. The largest absolute Gasteiger partial charge is 0.473 e. The number of hydrogen-bond donors (Lipinski definition) is 4. The number of aryl methyl sites for hydroxylation is 3. The molecule has 6 heterocycles. The van der Waals surface area contributed by atoms with E-state index in [1.165, 1.54) is 39.9 Å². The monoisotopic (exact) mass is 1630 g/mol. The highest BCUT2D eigenvalue weighted by atomic mass is 35.5. The first-order valence-electron chi connectivity index (χ1n) is 35.3. The van der Waals surface area contributed by atoms with Gasteiger partial charge in [0.2, 0.25) is 0 Å². The number of halogens is 3. The zero-order valence-corrected chi connectivity index (χ0v) is 65.2. The molecule has 15 aromatic rings. The summed E-state index contributed by atoms with van der Waals surface area (Å²) in [5.41, 5.74) is 14.1. The molecule has 0 saturated heterocycles. The van der Waals surface area contributed by atoms with Gasteiger partial charge in [0, 0.05) is 70.6 Å². The third-order valence-corrected chi connectivity index (χ3v) is 19.7. The number of methoxy groups -OCH3 is 3. The van der Waals surface area contributed by atoms with Gasteiger partial charge in [-0.05, 0) is 140 Å². The summed E-state index contributed by atoms with van der Waals surface area (Å²) in [7, 11) is 9.34. The predicted octanol–water partition coefficient (Wildman–Crippen LogP) is 14.8. The van der Waals surface area contributed by atoms with Crippen molar-refractivity contribution in [2.45, 2.75) is 18.1 Å². The quantitative estimate of drug-likeness (QED) is 0.0421. The number of fused-ring (bicyclic) bond motifs is 3. The number of hydrogen-bond acceptors (Lipinski definition) is 16. The van der Waals surface area contributed by atoms with Crippen LogP contribution in [0.3, 0.4) is 0 Å². The molecule has 0 fully saturated rings. The molecule has 0 radical (unpaired) electrons. The van der Waals surface area contributed by atoms with E-state index in [2.05, 4.69) is 33.2 Å². The Labute approximate surface area is 680 Å². The highest BCUT2D eigenvalue weighted by Gasteiger charge is 2.28. The molecule has 3 atom stereocenters. The molecule has 6 aromatic heterocycles. The van der Waals surface area contributed by atoms with E-state index in [4.69, 9.17) is 88.6 Å². The minimum atomic E-state index is -1.82. The number of aromatic nitrogens is 9. The molecule has 0 aliphatic rings. The van der Waals surface area contributed by atoms with Crippen molar-refractivity contribution in [3.8, 4) is 33.4 Å². The van der Waals surface area contributed by atoms with Crippen LogP contribution in [0.15, 0.2) is 289 Å². The van der Waals surface area contributed by atoms with Gasteiger partial charge in [-0.1, -0.05) is 180 Å². The van der Waals surface area contributed by atoms with Crippen molar-refractivity contribution in [2.75, 3.05) is 21.3 Å². The van der Waals surface area contributed by atoms with Crippen LogP contribution >= 0.6 is 34.8 Å². The Bertz CT molecular complexity index is 5780. The number of pyridine rings is 3.